The molecule has 0 radical (unpaired) electrons. The second kappa shape index (κ2) is 7.18. The number of halogens is 1. The average Bonchev–Trinajstić information content (AvgIpc) is 3.03. The van der Waals surface area contributed by atoms with Gasteiger partial charge in [-0.25, -0.2) is 4.39 Å². The Morgan fingerprint density at radius 1 is 1.16 bits per heavy atom. The fourth-order valence-corrected chi connectivity index (χ4v) is 3.77. The number of ether oxygens (including phenoxy) is 1. The second-order valence-electron chi connectivity index (χ2n) is 6.26. The summed E-state index contributed by atoms with van der Waals surface area (Å²) in [5, 5.41) is 11.7. The van der Waals surface area contributed by atoms with Crippen LogP contribution in [0.1, 0.15) is 30.9 Å². The van der Waals surface area contributed by atoms with Crippen molar-refractivity contribution in [3.05, 3.63) is 65.5 Å². The van der Waals surface area contributed by atoms with E-state index in [1.807, 2.05) is 37.4 Å². The molecule has 5 heteroatoms. The van der Waals surface area contributed by atoms with Crippen LogP contribution in [-0.4, -0.2) is 23.4 Å². The van der Waals surface area contributed by atoms with Gasteiger partial charge < -0.3 is 9.84 Å². The first-order chi connectivity index (χ1) is 12.0. The molecule has 0 aromatic heterocycles. The van der Waals surface area contributed by atoms with Crippen LogP contribution < -0.4 is 0 Å². The van der Waals surface area contributed by atoms with Gasteiger partial charge in [-0.1, -0.05) is 31.2 Å². The SMILES string of the molecule is CCC1CC(C(O)(c2ccc(F)cc2)c2ccc(SC)cc2)C(=O)O1. The molecule has 1 heterocycles. The normalized spacial score (nSPS) is 22.5. The van der Waals surface area contributed by atoms with E-state index in [1.165, 1.54) is 24.3 Å². The van der Waals surface area contributed by atoms with Gasteiger partial charge in [-0.05, 0) is 48.1 Å². The number of carbonyl (C=O) groups is 1. The molecule has 0 aliphatic carbocycles. The fraction of sp³-hybridized carbons (Fsp3) is 0.350. The first-order valence-corrected chi connectivity index (χ1v) is 9.55. The third-order valence-corrected chi connectivity index (χ3v) is 5.58. The highest BCUT2D eigenvalue weighted by Gasteiger charge is 2.50. The number of carbonyl (C=O) groups excluding carboxylic acids is 1. The van der Waals surface area contributed by atoms with Gasteiger partial charge in [0.1, 0.15) is 17.5 Å². The summed E-state index contributed by atoms with van der Waals surface area (Å²) in [6.07, 6.45) is 2.91. The molecule has 1 fully saturated rings. The largest absolute Gasteiger partial charge is 0.462 e. The molecule has 1 aliphatic heterocycles. The molecule has 1 aliphatic rings. The molecule has 0 amide bonds. The zero-order valence-electron chi connectivity index (χ0n) is 14.2. The lowest BCUT2D eigenvalue weighted by Crippen LogP contribution is -2.39. The number of hydrogen-bond donors (Lipinski definition) is 1. The van der Waals surface area contributed by atoms with Crippen LogP contribution in [0.15, 0.2) is 53.4 Å². The minimum Gasteiger partial charge on any atom is -0.462 e. The van der Waals surface area contributed by atoms with Crippen molar-refractivity contribution in [2.24, 2.45) is 5.92 Å². The molecule has 1 N–H and O–H groups in total. The van der Waals surface area contributed by atoms with Crippen LogP contribution in [0, 0.1) is 11.7 Å². The van der Waals surface area contributed by atoms with Crippen LogP contribution >= 0.6 is 11.8 Å². The quantitative estimate of drug-likeness (QED) is 0.643. The Bertz CT molecular complexity index is 745. The van der Waals surface area contributed by atoms with Gasteiger partial charge in [-0.2, -0.15) is 0 Å². The Morgan fingerprint density at radius 2 is 1.72 bits per heavy atom. The Hall–Kier alpha value is -1.85. The smallest absolute Gasteiger partial charge is 0.313 e. The van der Waals surface area contributed by atoms with Gasteiger partial charge in [0.2, 0.25) is 0 Å². The Labute approximate surface area is 151 Å². The van der Waals surface area contributed by atoms with Crippen LogP contribution in [0.2, 0.25) is 0 Å². The maximum Gasteiger partial charge on any atom is 0.313 e. The molecule has 1 saturated heterocycles. The van der Waals surface area contributed by atoms with Crippen LogP contribution in [0.5, 0.6) is 0 Å². The Morgan fingerprint density at radius 3 is 2.20 bits per heavy atom. The van der Waals surface area contributed by atoms with Gasteiger partial charge in [0.05, 0.1) is 5.92 Å². The van der Waals surface area contributed by atoms with Gasteiger partial charge in [0, 0.05) is 11.3 Å². The Balaban J connectivity index is 2.10. The molecule has 3 atom stereocenters. The van der Waals surface area contributed by atoms with Crippen LogP contribution in [0.4, 0.5) is 4.39 Å². The van der Waals surface area contributed by atoms with Crippen molar-refractivity contribution in [1.82, 2.24) is 0 Å². The monoisotopic (exact) mass is 360 g/mol. The molecule has 0 saturated carbocycles. The molecule has 2 aromatic carbocycles. The molecule has 3 unspecified atom stereocenters. The number of esters is 1. The summed E-state index contributed by atoms with van der Waals surface area (Å²) in [5.41, 5.74) is -0.453. The van der Waals surface area contributed by atoms with Crippen molar-refractivity contribution >= 4 is 17.7 Å². The minimum atomic E-state index is -1.55. The van der Waals surface area contributed by atoms with E-state index >= 15 is 0 Å². The summed E-state index contributed by atoms with van der Waals surface area (Å²) in [5.74, 6) is -1.51. The lowest BCUT2D eigenvalue weighted by atomic mass is 9.74. The summed E-state index contributed by atoms with van der Waals surface area (Å²) >= 11 is 1.60. The van der Waals surface area contributed by atoms with Gasteiger partial charge in [-0.3, -0.25) is 4.79 Å². The van der Waals surface area contributed by atoms with Crippen molar-refractivity contribution in [2.45, 2.75) is 36.4 Å². The third kappa shape index (κ3) is 3.31. The van der Waals surface area contributed by atoms with Crippen LogP contribution in [-0.2, 0) is 15.1 Å². The van der Waals surface area contributed by atoms with E-state index in [1.54, 1.807) is 11.8 Å². The predicted octanol–water partition coefficient (Wildman–Crippen LogP) is 4.13. The van der Waals surface area contributed by atoms with Crippen LogP contribution in [0.25, 0.3) is 0 Å². The van der Waals surface area contributed by atoms with E-state index in [0.29, 0.717) is 24.0 Å². The first kappa shape index (κ1) is 18.0. The van der Waals surface area contributed by atoms with E-state index in [-0.39, 0.29) is 11.9 Å². The maximum absolute atomic E-state index is 13.4. The summed E-state index contributed by atoms with van der Waals surface area (Å²) in [6, 6.07) is 13.1. The number of hydrogen-bond acceptors (Lipinski definition) is 4. The Kier molecular flexibility index (Phi) is 5.16. The first-order valence-electron chi connectivity index (χ1n) is 8.32. The summed E-state index contributed by atoms with van der Waals surface area (Å²) in [7, 11) is 0. The lowest BCUT2D eigenvalue weighted by Gasteiger charge is -2.33. The molecule has 0 bridgehead atoms. The van der Waals surface area contributed by atoms with Gasteiger partial charge in [0.25, 0.3) is 0 Å². The molecular formula is C20H21FO3S. The van der Waals surface area contributed by atoms with Crippen molar-refractivity contribution < 1.29 is 19.0 Å². The van der Waals surface area contributed by atoms with Crippen molar-refractivity contribution in [2.75, 3.05) is 6.26 Å². The molecule has 132 valence electrons. The average molecular weight is 360 g/mol. The van der Waals surface area contributed by atoms with E-state index in [2.05, 4.69) is 0 Å². The minimum absolute atomic E-state index is 0.199. The molecular weight excluding hydrogens is 339 g/mol. The van der Waals surface area contributed by atoms with Crippen molar-refractivity contribution in [3.63, 3.8) is 0 Å². The standard InChI is InChI=1S/C20H21FO3S/c1-3-16-12-18(19(22)24-16)20(23,13-4-8-15(21)9-5-13)14-6-10-17(25-2)11-7-14/h4-11,16,18,23H,3,12H2,1-2H3. The topological polar surface area (TPSA) is 46.5 Å². The maximum atomic E-state index is 13.4. The van der Waals surface area contributed by atoms with E-state index in [9.17, 15) is 14.3 Å². The van der Waals surface area contributed by atoms with Crippen molar-refractivity contribution in [1.29, 1.82) is 0 Å². The van der Waals surface area contributed by atoms with Gasteiger partial charge >= 0.3 is 5.97 Å². The second-order valence-corrected chi connectivity index (χ2v) is 7.14. The molecule has 25 heavy (non-hydrogen) atoms. The summed E-state index contributed by atoms with van der Waals surface area (Å²) < 4.78 is 18.8. The number of thioether (sulfide) groups is 1. The lowest BCUT2D eigenvalue weighted by molar-refractivity contribution is -0.149. The van der Waals surface area contributed by atoms with Crippen LogP contribution in [0.3, 0.4) is 0 Å². The van der Waals surface area contributed by atoms with E-state index in [4.69, 9.17) is 4.74 Å². The highest BCUT2D eigenvalue weighted by Crippen LogP contribution is 2.43. The van der Waals surface area contributed by atoms with Gasteiger partial charge in [-0.15, -0.1) is 11.8 Å². The zero-order chi connectivity index (χ0) is 18.0. The molecule has 3 rings (SSSR count). The number of benzene rings is 2. The molecule has 3 nitrogen and oxygen atoms in total. The highest BCUT2D eigenvalue weighted by atomic mass is 32.2. The van der Waals surface area contributed by atoms with E-state index in [0.717, 1.165) is 4.90 Å². The van der Waals surface area contributed by atoms with E-state index < -0.39 is 17.5 Å². The van der Waals surface area contributed by atoms with Crippen molar-refractivity contribution in [3.8, 4) is 0 Å². The number of rotatable bonds is 5. The third-order valence-electron chi connectivity index (χ3n) is 4.84. The zero-order valence-corrected chi connectivity index (χ0v) is 15.1. The molecule has 0 spiro atoms. The van der Waals surface area contributed by atoms with Gasteiger partial charge in [0.15, 0.2) is 0 Å². The highest BCUT2D eigenvalue weighted by molar-refractivity contribution is 7.98. The number of aliphatic hydroxyl groups is 1. The predicted molar refractivity (Wildman–Crippen MR) is 95.9 cm³/mol. The summed E-state index contributed by atoms with van der Waals surface area (Å²) in [6.45, 7) is 1.95. The fourth-order valence-electron chi connectivity index (χ4n) is 3.36. The molecule has 2 aromatic rings. The summed E-state index contributed by atoms with van der Waals surface area (Å²) in [4.78, 5) is 13.5. The number of cyclic esters (lactones) is 1.